The van der Waals surface area contributed by atoms with Gasteiger partial charge in [-0.15, -0.1) is 0 Å². The fraction of sp³-hybridized carbons (Fsp3) is 0.400. The molecule has 1 saturated heterocycles. The average molecular weight is 271 g/mol. The van der Waals surface area contributed by atoms with Gasteiger partial charge >= 0.3 is 0 Å². The van der Waals surface area contributed by atoms with Crippen LogP contribution < -0.4 is 9.64 Å². The lowest BCUT2D eigenvalue weighted by molar-refractivity contribution is -0.117. The van der Waals surface area contributed by atoms with E-state index in [2.05, 4.69) is 20.9 Å². The third-order valence-corrected chi connectivity index (χ3v) is 2.89. The number of hydrogen-bond acceptors (Lipinski definition) is 3. The van der Waals surface area contributed by atoms with Crippen LogP contribution >= 0.6 is 15.9 Å². The van der Waals surface area contributed by atoms with E-state index in [-0.39, 0.29) is 10.7 Å². The Morgan fingerprint density at radius 3 is 3.00 bits per heavy atom. The monoisotopic (exact) mass is 270 g/mol. The molecule has 1 aliphatic heterocycles. The number of rotatable bonds is 2. The Bertz CT molecular complexity index is 383. The van der Waals surface area contributed by atoms with Gasteiger partial charge in [0.15, 0.2) is 0 Å². The summed E-state index contributed by atoms with van der Waals surface area (Å²) in [4.78, 5) is 17.7. The van der Waals surface area contributed by atoms with Crippen LogP contribution in [0.1, 0.15) is 6.42 Å². The molecule has 0 aliphatic carbocycles. The zero-order valence-electron chi connectivity index (χ0n) is 8.31. The molecule has 0 N–H and O–H groups in total. The van der Waals surface area contributed by atoms with Gasteiger partial charge in [-0.05, 0) is 6.07 Å². The van der Waals surface area contributed by atoms with Crippen LogP contribution in [0.15, 0.2) is 18.2 Å². The second-order valence-corrected chi connectivity index (χ2v) is 4.64. The number of anilines is 1. The molecule has 5 heteroatoms. The Balaban J connectivity index is 2.25. The number of hydrogen-bond donors (Lipinski definition) is 0. The van der Waals surface area contributed by atoms with E-state index in [9.17, 15) is 4.79 Å². The van der Waals surface area contributed by atoms with E-state index < -0.39 is 0 Å². The van der Waals surface area contributed by atoms with Crippen LogP contribution in [0.3, 0.4) is 0 Å². The Hall–Kier alpha value is -1.10. The van der Waals surface area contributed by atoms with Crippen LogP contribution in [-0.2, 0) is 4.79 Å². The highest BCUT2D eigenvalue weighted by molar-refractivity contribution is 9.09. The molecular formula is C10H11BrN2O2. The summed E-state index contributed by atoms with van der Waals surface area (Å²) >= 11 is 3.43. The van der Waals surface area contributed by atoms with Gasteiger partial charge < -0.3 is 4.74 Å². The van der Waals surface area contributed by atoms with E-state index in [1.54, 1.807) is 18.1 Å². The van der Waals surface area contributed by atoms with Crippen molar-refractivity contribution in [2.45, 2.75) is 11.2 Å². The molecule has 2 heterocycles. The van der Waals surface area contributed by atoms with Crippen molar-refractivity contribution in [3.8, 4) is 5.88 Å². The Kier molecular flexibility index (Phi) is 2.90. The first kappa shape index (κ1) is 10.4. The van der Waals surface area contributed by atoms with Gasteiger partial charge in [-0.3, -0.25) is 9.69 Å². The predicted molar refractivity (Wildman–Crippen MR) is 60.5 cm³/mol. The number of carbonyl (C=O) groups excluding carboxylic acids is 1. The van der Waals surface area contributed by atoms with Crippen LogP contribution in [0.4, 0.5) is 5.82 Å². The summed E-state index contributed by atoms with van der Waals surface area (Å²) in [5, 5.41) is 0. The minimum Gasteiger partial charge on any atom is -0.481 e. The Labute approximate surface area is 96.4 Å². The fourth-order valence-electron chi connectivity index (χ4n) is 1.55. The van der Waals surface area contributed by atoms with Crippen LogP contribution in [0.25, 0.3) is 0 Å². The first-order chi connectivity index (χ1) is 7.20. The highest BCUT2D eigenvalue weighted by Crippen LogP contribution is 2.24. The van der Waals surface area contributed by atoms with Gasteiger partial charge in [-0.2, -0.15) is 4.98 Å². The zero-order valence-corrected chi connectivity index (χ0v) is 9.90. The van der Waals surface area contributed by atoms with E-state index >= 15 is 0 Å². The summed E-state index contributed by atoms with van der Waals surface area (Å²) in [5.41, 5.74) is 0. The van der Waals surface area contributed by atoms with E-state index in [1.807, 2.05) is 12.1 Å². The third-order valence-electron chi connectivity index (χ3n) is 2.27. The molecule has 0 aromatic carbocycles. The van der Waals surface area contributed by atoms with Gasteiger partial charge in [-0.1, -0.05) is 22.0 Å². The molecule has 0 bridgehead atoms. The van der Waals surface area contributed by atoms with E-state index in [0.717, 1.165) is 0 Å². The van der Waals surface area contributed by atoms with Gasteiger partial charge in [-0.25, -0.2) is 0 Å². The number of ether oxygens (including phenoxy) is 1. The maximum absolute atomic E-state index is 11.6. The summed E-state index contributed by atoms with van der Waals surface area (Å²) in [7, 11) is 1.56. The minimum absolute atomic E-state index is 0.0950. The standard InChI is InChI=1S/C10H11BrN2O2/c1-15-9-4-2-3-8(12-9)13-6-7(11)5-10(13)14/h2-4,7H,5-6H2,1H3. The molecule has 4 nitrogen and oxygen atoms in total. The van der Waals surface area contributed by atoms with Crippen LogP contribution in [-0.4, -0.2) is 29.4 Å². The van der Waals surface area contributed by atoms with Crippen molar-refractivity contribution < 1.29 is 9.53 Å². The molecule has 1 amide bonds. The molecule has 2 rings (SSSR count). The Morgan fingerprint density at radius 2 is 2.40 bits per heavy atom. The maximum Gasteiger partial charge on any atom is 0.229 e. The van der Waals surface area contributed by atoms with Crippen molar-refractivity contribution >= 4 is 27.7 Å². The highest BCUT2D eigenvalue weighted by Gasteiger charge is 2.29. The smallest absolute Gasteiger partial charge is 0.229 e. The van der Waals surface area contributed by atoms with Crippen molar-refractivity contribution in [1.29, 1.82) is 0 Å². The van der Waals surface area contributed by atoms with Crippen molar-refractivity contribution in [2.75, 3.05) is 18.6 Å². The second kappa shape index (κ2) is 4.18. The molecule has 1 aliphatic rings. The molecule has 0 saturated carbocycles. The number of amides is 1. The molecular weight excluding hydrogens is 260 g/mol. The van der Waals surface area contributed by atoms with Crippen LogP contribution in [0.2, 0.25) is 0 Å². The fourth-order valence-corrected chi connectivity index (χ4v) is 2.12. The number of alkyl halides is 1. The van der Waals surface area contributed by atoms with Gasteiger partial charge in [0.1, 0.15) is 5.82 Å². The summed E-state index contributed by atoms with van der Waals surface area (Å²) in [6.07, 6.45) is 0.527. The first-order valence-corrected chi connectivity index (χ1v) is 5.58. The molecule has 0 radical (unpaired) electrons. The summed E-state index contributed by atoms with van der Waals surface area (Å²) in [6, 6.07) is 5.40. The van der Waals surface area contributed by atoms with Crippen molar-refractivity contribution in [1.82, 2.24) is 4.98 Å². The molecule has 1 aromatic rings. The minimum atomic E-state index is 0.0950. The number of aromatic nitrogens is 1. The lowest BCUT2D eigenvalue weighted by Crippen LogP contribution is -2.25. The van der Waals surface area contributed by atoms with Crippen molar-refractivity contribution in [2.24, 2.45) is 0 Å². The maximum atomic E-state index is 11.6. The highest BCUT2D eigenvalue weighted by atomic mass is 79.9. The predicted octanol–water partition coefficient (Wildman–Crippen LogP) is 1.59. The van der Waals surface area contributed by atoms with E-state index in [0.29, 0.717) is 24.7 Å². The third kappa shape index (κ3) is 2.12. The molecule has 15 heavy (non-hydrogen) atoms. The summed E-state index contributed by atoms with van der Waals surface area (Å²) in [6.45, 7) is 0.666. The van der Waals surface area contributed by atoms with Crippen molar-refractivity contribution in [3.05, 3.63) is 18.2 Å². The summed E-state index contributed by atoms with van der Waals surface area (Å²) in [5.74, 6) is 1.28. The first-order valence-electron chi connectivity index (χ1n) is 4.66. The van der Waals surface area contributed by atoms with Crippen LogP contribution in [0, 0.1) is 0 Å². The lowest BCUT2D eigenvalue weighted by Gasteiger charge is -2.14. The van der Waals surface area contributed by atoms with Crippen molar-refractivity contribution in [3.63, 3.8) is 0 Å². The number of nitrogens with zero attached hydrogens (tertiary/aromatic N) is 2. The normalized spacial score (nSPS) is 20.8. The molecule has 1 fully saturated rings. The SMILES string of the molecule is COc1cccc(N2CC(Br)CC2=O)n1. The van der Waals surface area contributed by atoms with Gasteiger partial charge in [0, 0.05) is 23.9 Å². The second-order valence-electron chi connectivity index (χ2n) is 3.34. The van der Waals surface area contributed by atoms with E-state index in [4.69, 9.17) is 4.74 Å². The van der Waals surface area contributed by atoms with E-state index in [1.165, 1.54) is 0 Å². The lowest BCUT2D eigenvalue weighted by atomic mass is 10.4. The molecule has 1 atom stereocenters. The van der Waals surface area contributed by atoms with Gasteiger partial charge in [0.25, 0.3) is 0 Å². The summed E-state index contributed by atoms with van der Waals surface area (Å²) < 4.78 is 5.02. The zero-order chi connectivity index (χ0) is 10.8. The Morgan fingerprint density at radius 1 is 1.60 bits per heavy atom. The molecule has 1 aromatic heterocycles. The largest absolute Gasteiger partial charge is 0.481 e. The quantitative estimate of drug-likeness (QED) is 0.767. The van der Waals surface area contributed by atoms with Gasteiger partial charge in [0.05, 0.1) is 7.11 Å². The average Bonchev–Trinajstić information content (AvgIpc) is 2.58. The molecule has 0 spiro atoms. The number of halogens is 1. The van der Waals surface area contributed by atoms with Crippen LogP contribution in [0.5, 0.6) is 5.88 Å². The van der Waals surface area contributed by atoms with Gasteiger partial charge in [0.2, 0.25) is 11.8 Å². The molecule has 1 unspecified atom stereocenters. The molecule has 80 valence electrons. The number of pyridine rings is 1. The number of carbonyl (C=O) groups is 1. The topological polar surface area (TPSA) is 42.4 Å². The number of methoxy groups -OCH3 is 1.